The highest BCUT2D eigenvalue weighted by molar-refractivity contribution is 7.09. The predicted octanol–water partition coefficient (Wildman–Crippen LogP) is 3.48. The molecule has 0 radical (unpaired) electrons. The fourth-order valence-electron chi connectivity index (χ4n) is 1.86. The lowest BCUT2D eigenvalue weighted by atomic mass is 10.00. The molecular formula is C14H26N2S. The molecule has 1 rings (SSSR count). The van der Waals surface area contributed by atoms with Crippen molar-refractivity contribution >= 4 is 11.3 Å². The van der Waals surface area contributed by atoms with E-state index in [2.05, 4.69) is 50.1 Å². The van der Waals surface area contributed by atoms with E-state index >= 15 is 0 Å². The minimum absolute atomic E-state index is 0.0361. The van der Waals surface area contributed by atoms with Crippen LogP contribution in [0, 0.1) is 0 Å². The van der Waals surface area contributed by atoms with Crippen molar-refractivity contribution in [2.45, 2.75) is 58.7 Å². The Labute approximate surface area is 110 Å². The lowest BCUT2D eigenvalue weighted by Gasteiger charge is -2.27. The lowest BCUT2D eigenvalue weighted by molar-refractivity contribution is 0.205. The van der Waals surface area contributed by atoms with Crippen LogP contribution in [0.25, 0.3) is 0 Å². The second kappa shape index (κ2) is 6.53. The number of hydrogen-bond acceptors (Lipinski definition) is 3. The fraction of sp³-hybridized carbons (Fsp3) is 0.714. The van der Waals surface area contributed by atoms with Gasteiger partial charge in [0.1, 0.15) is 0 Å². The van der Waals surface area contributed by atoms with E-state index < -0.39 is 0 Å². The molecule has 98 valence electrons. The molecule has 1 aromatic rings. The number of rotatable bonds is 7. The first-order valence-corrected chi connectivity index (χ1v) is 7.32. The third-order valence-electron chi connectivity index (χ3n) is 2.94. The molecule has 3 heteroatoms. The van der Waals surface area contributed by atoms with Crippen molar-refractivity contribution < 1.29 is 0 Å². The van der Waals surface area contributed by atoms with Crippen molar-refractivity contribution in [3.63, 3.8) is 0 Å². The number of nitrogens with two attached hydrogens (primary N) is 1. The number of hydrogen-bond donors (Lipinski definition) is 1. The van der Waals surface area contributed by atoms with E-state index in [1.807, 2.05) is 11.3 Å². The Kier molecular flexibility index (Phi) is 5.63. The van der Waals surface area contributed by atoms with Crippen LogP contribution in [0.1, 0.15) is 45.4 Å². The summed E-state index contributed by atoms with van der Waals surface area (Å²) in [7, 11) is 0. The summed E-state index contributed by atoms with van der Waals surface area (Å²) in [5.74, 6) is 0. The number of nitrogens with zero attached hydrogens (tertiary/aromatic N) is 1. The average Bonchev–Trinajstić information content (AvgIpc) is 2.66. The van der Waals surface area contributed by atoms with Crippen LogP contribution in [0.5, 0.6) is 0 Å². The Morgan fingerprint density at radius 1 is 1.41 bits per heavy atom. The summed E-state index contributed by atoms with van der Waals surface area (Å²) < 4.78 is 0. The van der Waals surface area contributed by atoms with Gasteiger partial charge in [-0.25, -0.2) is 0 Å². The van der Waals surface area contributed by atoms with Crippen molar-refractivity contribution in [3.8, 4) is 0 Å². The molecule has 0 saturated carbocycles. The summed E-state index contributed by atoms with van der Waals surface area (Å²) in [4.78, 5) is 3.98. The molecule has 0 aliphatic carbocycles. The highest BCUT2D eigenvalue weighted by Crippen LogP contribution is 2.15. The molecule has 1 aromatic heterocycles. The first-order chi connectivity index (χ1) is 7.88. The molecule has 0 saturated heterocycles. The van der Waals surface area contributed by atoms with Gasteiger partial charge in [-0.1, -0.05) is 6.07 Å². The summed E-state index contributed by atoms with van der Waals surface area (Å²) in [5, 5.41) is 2.15. The first-order valence-electron chi connectivity index (χ1n) is 6.44. The molecular weight excluding hydrogens is 228 g/mol. The van der Waals surface area contributed by atoms with Crippen molar-refractivity contribution in [1.82, 2.24) is 4.90 Å². The van der Waals surface area contributed by atoms with E-state index in [0.29, 0.717) is 6.04 Å². The van der Waals surface area contributed by atoms with Crippen LogP contribution in [-0.4, -0.2) is 23.0 Å². The van der Waals surface area contributed by atoms with Crippen LogP contribution < -0.4 is 5.73 Å². The van der Waals surface area contributed by atoms with Gasteiger partial charge in [0.05, 0.1) is 0 Å². The monoisotopic (exact) mass is 254 g/mol. The quantitative estimate of drug-likeness (QED) is 0.807. The van der Waals surface area contributed by atoms with E-state index in [4.69, 9.17) is 5.73 Å². The van der Waals surface area contributed by atoms with Gasteiger partial charge in [-0.15, -0.1) is 11.3 Å². The predicted molar refractivity (Wildman–Crippen MR) is 77.4 cm³/mol. The SMILES string of the molecule is CC(C)N(CCCC(C)(C)N)Cc1cccs1. The second-order valence-electron chi connectivity index (χ2n) is 5.74. The van der Waals surface area contributed by atoms with Gasteiger partial charge in [-0.05, 0) is 58.5 Å². The molecule has 0 aliphatic heterocycles. The van der Waals surface area contributed by atoms with Gasteiger partial charge in [0.25, 0.3) is 0 Å². The van der Waals surface area contributed by atoms with E-state index in [-0.39, 0.29) is 5.54 Å². The molecule has 0 atom stereocenters. The third kappa shape index (κ3) is 6.20. The third-order valence-corrected chi connectivity index (χ3v) is 3.80. The fourth-order valence-corrected chi connectivity index (χ4v) is 2.59. The molecule has 0 aromatic carbocycles. The Morgan fingerprint density at radius 3 is 2.59 bits per heavy atom. The van der Waals surface area contributed by atoms with Crippen molar-refractivity contribution in [2.75, 3.05) is 6.54 Å². The molecule has 0 fully saturated rings. The highest BCUT2D eigenvalue weighted by atomic mass is 32.1. The zero-order valence-corrected chi connectivity index (χ0v) is 12.4. The van der Waals surface area contributed by atoms with Gasteiger partial charge in [-0.3, -0.25) is 4.90 Å². The minimum Gasteiger partial charge on any atom is -0.326 e. The highest BCUT2D eigenvalue weighted by Gasteiger charge is 2.14. The van der Waals surface area contributed by atoms with Gasteiger partial charge in [0.2, 0.25) is 0 Å². The van der Waals surface area contributed by atoms with E-state index in [1.165, 1.54) is 11.3 Å². The van der Waals surface area contributed by atoms with Crippen molar-refractivity contribution in [2.24, 2.45) is 5.73 Å². The van der Waals surface area contributed by atoms with E-state index in [0.717, 1.165) is 19.5 Å². The van der Waals surface area contributed by atoms with Crippen LogP contribution in [0.4, 0.5) is 0 Å². The Morgan fingerprint density at radius 2 is 2.12 bits per heavy atom. The van der Waals surface area contributed by atoms with Crippen molar-refractivity contribution in [3.05, 3.63) is 22.4 Å². The van der Waals surface area contributed by atoms with Gasteiger partial charge in [0.15, 0.2) is 0 Å². The molecule has 0 amide bonds. The Hall–Kier alpha value is -0.380. The van der Waals surface area contributed by atoms with Gasteiger partial charge < -0.3 is 5.73 Å². The Bertz CT molecular complexity index is 299. The molecule has 2 N–H and O–H groups in total. The Balaban J connectivity index is 2.39. The largest absolute Gasteiger partial charge is 0.326 e. The van der Waals surface area contributed by atoms with Crippen LogP contribution in [0.3, 0.4) is 0 Å². The second-order valence-corrected chi connectivity index (χ2v) is 6.77. The molecule has 2 nitrogen and oxygen atoms in total. The molecule has 0 aliphatic rings. The van der Waals surface area contributed by atoms with Gasteiger partial charge in [-0.2, -0.15) is 0 Å². The number of thiophene rings is 1. The first kappa shape index (κ1) is 14.7. The average molecular weight is 254 g/mol. The maximum atomic E-state index is 6.02. The topological polar surface area (TPSA) is 29.3 Å². The van der Waals surface area contributed by atoms with Crippen molar-refractivity contribution in [1.29, 1.82) is 0 Å². The normalized spacial score (nSPS) is 12.6. The van der Waals surface area contributed by atoms with E-state index in [9.17, 15) is 0 Å². The minimum atomic E-state index is -0.0361. The molecule has 1 heterocycles. The van der Waals surface area contributed by atoms with Crippen LogP contribution >= 0.6 is 11.3 Å². The standard InChI is InChI=1S/C14H26N2S/c1-12(2)16(9-6-8-14(3,4)15)11-13-7-5-10-17-13/h5,7,10,12H,6,8-9,11,15H2,1-4H3. The van der Waals surface area contributed by atoms with Gasteiger partial charge >= 0.3 is 0 Å². The maximum absolute atomic E-state index is 6.02. The summed E-state index contributed by atoms with van der Waals surface area (Å²) in [5.41, 5.74) is 5.98. The maximum Gasteiger partial charge on any atom is 0.0330 e. The van der Waals surface area contributed by atoms with E-state index in [1.54, 1.807) is 0 Å². The summed E-state index contributed by atoms with van der Waals surface area (Å²) >= 11 is 1.84. The molecule has 0 bridgehead atoms. The smallest absolute Gasteiger partial charge is 0.0330 e. The zero-order chi connectivity index (χ0) is 12.9. The van der Waals surface area contributed by atoms with Gasteiger partial charge in [0, 0.05) is 23.0 Å². The van der Waals surface area contributed by atoms with Crippen LogP contribution in [0.15, 0.2) is 17.5 Å². The summed E-state index contributed by atoms with van der Waals surface area (Å²) in [6.07, 6.45) is 2.26. The molecule has 0 spiro atoms. The summed E-state index contributed by atoms with van der Waals surface area (Å²) in [6.45, 7) is 10.9. The molecule has 0 unspecified atom stereocenters. The lowest BCUT2D eigenvalue weighted by Crippen LogP contribution is -2.35. The zero-order valence-electron chi connectivity index (χ0n) is 11.6. The van der Waals surface area contributed by atoms with Crippen LogP contribution in [-0.2, 0) is 6.54 Å². The molecule has 17 heavy (non-hydrogen) atoms. The summed E-state index contributed by atoms with van der Waals surface area (Å²) in [6, 6.07) is 4.94. The van der Waals surface area contributed by atoms with Crippen LogP contribution in [0.2, 0.25) is 0 Å².